The van der Waals surface area contributed by atoms with Gasteiger partial charge in [0.1, 0.15) is 5.75 Å². The number of ether oxygens (including phenoxy) is 2. The van der Waals surface area contributed by atoms with Crippen molar-refractivity contribution in [1.82, 2.24) is 10.6 Å². The topological polar surface area (TPSA) is 103 Å². The van der Waals surface area contributed by atoms with Crippen LogP contribution >= 0.6 is 12.4 Å². The summed E-state index contributed by atoms with van der Waals surface area (Å²) in [6, 6.07) is 4.26. The minimum absolute atomic E-state index is 0. The third kappa shape index (κ3) is 7.16. The number of nitro benzene ring substituents is 1. The van der Waals surface area contributed by atoms with Crippen LogP contribution in [0.4, 0.5) is 5.69 Å². The second kappa shape index (κ2) is 10.6. The standard InChI is InChI=1S/C14H21N3O5.ClH/c1-4-15-10(2)8-16-14(18)9-22-11-5-6-12(17(19)20)13(7-11)21-3;/h5-7,10,15H,4,8-9H2,1-3H3,(H,16,18);1H/t10-;/m1./s1. The Kier molecular flexibility index (Phi) is 9.68. The Bertz CT molecular complexity index is 527. The second-order valence-corrected chi connectivity index (χ2v) is 4.64. The average molecular weight is 348 g/mol. The zero-order valence-corrected chi connectivity index (χ0v) is 14.1. The number of amides is 1. The van der Waals surface area contributed by atoms with Gasteiger partial charge in [0.25, 0.3) is 5.91 Å². The van der Waals surface area contributed by atoms with Crippen LogP contribution in [-0.4, -0.2) is 43.7 Å². The monoisotopic (exact) mass is 347 g/mol. The Morgan fingerprint density at radius 1 is 1.43 bits per heavy atom. The summed E-state index contributed by atoms with van der Waals surface area (Å²) in [5.41, 5.74) is -0.154. The van der Waals surface area contributed by atoms with Crippen LogP contribution in [0.3, 0.4) is 0 Å². The fourth-order valence-corrected chi connectivity index (χ4v) is 1.79. The highest BCUT2D eigenvalue weighted by atomic mass is 35.5. The molecule has 0 bridgehead atoms. The molecule has 0 fully saturated rings. The van der Waals surface area contributed by atoms with Crippen LogP contribution in [0, 0.1) is 10.1 Å². The molecule has 0 aliphatic carbocycles. The van der Waals surface area contributed by atoms with Gasteiger partial charge in [-0.05, 0) is 19.5 Å². The van der Waals surface area contributed by atoms with E-state index in [2.05, 4.69) is 10.6 Å². The lowest BCUT2D eigenvalue weighted by molar-refractivity contribution is -0.385. The third-order valence-electron chi connectivity index (χ3n) is 2.88. The average Bonchev–Trinajstić information content (AvgIpc) is 2.50. The van der Waals surface area contributed by atoms with Crippen molar-refractivity contribution in [3.05, 3.63) is 28.3 Å². The van der Waals surface area contributed by atoms with E-state index in [1.807, 2.05) is 13.8 Å². The molecule has 2 N–H and O–H groups in total. The van der Waals surface area contributed by atoms with Gasteiger partial charge < -0.3 is 20.1 Å². The molecule has 23 heavy (non-hydrogen) atoms. The summed E-state index contributed by atoms with van der Waals surface area (Å²) in [5, 5.41) is 16.7. The number of methoxy groups -OCH3 is 1. The molecule has 0 saturated heterocycles. The second-order valence-electron chi connectivity index (χ2n) is 4.64. The van der Waals surface area contributed by atoms with Crippen LogP contribution in [0.5, 0.6) is 11.5 Å². The van der Waals surface area contributed by atoms with Crippen molar-refractivity contribution in [2.45, 2.75) is 19.9 Å². The molecule has 1 atom stereocenters. The van der Waals surface area contributed by atoms with Gasteiger partial charge in [-0.25, -0.2) is 0 Å². The number of nitrogens with one attached hydrogen (secondary N) is 2. The normalized spacial score (nSPS) is 11.1. The number of likely N-dealkylation sites (N-methyl/N-ethyl adjacent to an activating group) is 1. The van der Waals surface area contributed by atoms with Crippen molar-refractivity contribution in [2.24, 2.45) is 0 Å². The van der Waals surface area contributed by atoms with Crippen LogP contribution in [-0.2, 0) is 4.79 Å². The highest BCUT2D eigenvalue weighted by Gasteiger charge is 2.15. The lowest BCUT2D eigenvalue weighted by Crippen LogP contribution is -2.40. The molecule has 9 heteroatoms. The molecule has 0 spiro atoms. The van der Waals surface area contributed by atoms with Gasteiger partial charge in [0.15, 0.2) is 6.61 Å². The molecule has 0 aliphatic heterocycles. The number of nitrogens with zero attached hydrogens (tertiary/aromatic N) is 1. The molecule has 0 aromatic heterocycles. The molecule has 0 saturated carbocycles. The van der Waals surface area contributed by atoms with Crippen LogP contribution < -0.4 is 20.1 Å². The predicted octanol–water partition coefficient (Wildman–Crippen LogP) is 1.52. The van der Waals surface area contributed by atoms with E-state index in [9.17, 15) is 14.9 Å². The van der Waals surface area contributed by atoms with Gasteiger partial charge in [0, 0.05) is 24.7 Å². The van der Waals surface area contributed by atoms with Crippen LogP contribution in [0.25, 0.3) is 0 Å². The quantitative estimate of drug-likeness (QED) is 0.518. The van der Waals surface area contributed by atoms with Crippen molar-refractivity contribution < 1.29 is 19.2 Å². The van der Waals surface area contributed by atoms with Gasteiger partial charge in [0.2, 0.25) is 5.75 Å². The zero-order chi connectivity index (χ0) is 16.5. The van der Waals surface area contributed by atoms with Gasteiger partial charge in [-0.1, -0.05) is 6.92 Å². The van der Waals surface area contributed by atoms with Crippen LogP contribution in [0.2, 0.25) is 0 Å². The van der Waals surface area contributed by atoms with E-state index in [4.69, 9.17) is 9.47 Å². The number of rotatable bonds is 9. The Morgan fingerprint density at radius 3 is 2.70 bits per heavy atom. The summed E-state index contributed by atoms with van der Waals surface area (Å²) in [7, 11) is 1.33. The maximum absolute atomic E-state index is 11.7. The Hall–Kier alpha value is -2.06. The predicted molar refractivity (Wildman–Crippen MR) is 88.5 cm³/mol. The molecular weight excluding hydrogens is 326 g/mol. The van der Waals surface area contributed by atoms with E-state index in [0.29, 0.717) is 12.3 Å². The molecule has 8 nitrogen and oxygen atoms in total. The molecule has 1 aromatic carbocycles. The number of benzene rings is 1. The smallest absolute Gasteiger partial charge is 0.311 e. The van der Waals surface area contributed by atoms with E-state index in [1.54, 1.807) is 0 Å². The SMILES string of the molecule is CCN[C@H](C)CNC(=O)COc1ccc([N+](=O)[O-])c(OC)c1.Cl. The summed E-state index contributed by atoms with van der Waals surface area (Å²) in [4.78, 5) is 21.9. The van der Waals surface area contributed by atoms with Gasteiger partial charge in [0.05, 0.1) is 12.0 Å². The zero-order valence-electron chi connectivity index (χ0n) is 13.3. The van der Waals surface area contributed by atoms with Crippen molar-refractivity contribution in [3.63, 3.8) is 0 Å². The molecule has 0 unspecified atom stereocenters. The number of hydrogen-bond donors (Lipinski definition) is 2. The molecule has 0 aliphatic rings. The minimum atomic E-state index is -0.544. The van der Waals surface area contributed by atoms with Crippen LogP contribution in [0.1, 0.15) is 13.8 Å². The molecule has 1 amide bonds. The first-order valence-electron chi connectivity index (χ1n) is 6.93. The molecule has 0 radical (unpaired) electrons. The van der Waals surface area contributed by atoms with E-state index in [1.165, 1.54) is 25.3 Å². The van der Waals surface area contributed by atoms with Crippen molar-refractivity contribution in [2.75, 3.05) is 26.8 Å². The largest absolute Gasteiger partial charge is 0.490 e. The van der Waals surface area contributed by atoms with Gasteiger partial charge in [-0.15, -0.1) is 12.4 Å². The van der Waals surface area contributed by atoms with E-state index >= 15 is 0 Å². The number of halogens is 1. The summed E-state index contributed by atoms with van der Waals surface area (Å²) in [6.07, 6.45) is 0. The van der Waals surface area contributed by atoms with Crippen molar-refractivity contribution >= 4 is 24.0 Å². The molecule has 130 valence electrons. The Labute approximate surface area is 141 Å². The van der Waals surface area contributed by atoms with Crippen LogP contribution in [0.15, 0.2) is 18.2 Å². The first-order chi connectivity index (χ1) is 10.5. The summed E-state index contributed by atoms with van der Waals surface area (Å²) in [5.74, 6) is 0.156. The first-order valence-corrected chi connectivity index (χ1v) is 6.93. The molecule has 0 heterocycles. The minimum Gasteiger partial charge on any atom is -0.490 e. The van der Waals surface area contributed by atoms with E-state index in [-0.39, 0.29) is 42.4 Å². The highest BCUT2D eigenvalue weighted by Crippen LogP contribution is 2.30. The van der Waals surface area contributed by atoms with Gasteiger partial charge >= 0.3 is 5.69 Å². The fraction of sp³-hybridized carbons (Fsp3) is 0.500. The number of hydrogen-bond acceptors (Lipinski definition) is 6. The van der Waals surface area contributed by atoms with E-state index in [0.717, 1.165) is 6.54 Å². The van der Waals surface area contributed by atoms with E-state index < -0.39 is 4.92 Å². The summed E-state index contributed by atoms with van der Waals surface area (Å²) >= 11 is 0. The lowest BCUT2D eigenvalue weighted by Gasteiger charge is -2.13. The summed E-state index contributed by atoms with van der Waals surface area (Å²) in [6.45, 7) is 5.12. The lowest BCUT2D eigenvalue weighted by atomic mass is 10.3. The van der Waals surface area contributed by atoms with Gasteiger partial charge in [-0.2, -0.15) is 0 Å². The molecule has 1 aromatic rings. The first kappa shape index (κ1) is 20.9. The fourth-order valence-electron chi connectivity index (χ4n) is 1.79. The third-order valence-corrected chi connectivity index (χ3v) is 2.88. The molecule has 1 rings (SSSR count). The number of carbonyl (C=O) groups is 1. The van der Waals surface area contributed by atoms with Gasteiger partial charge in [-0.3, -0.25) is 14.9 Å². The Morgan fingerprint density at radius 2 is 2.13 bits per heavy atom. The number of carbonyl (C=O) groups excluding carboxylic acids is 1. The summed E-state index contributed by atoms with van der Waals surface area (Å²) < 4.78 is 10.2. The van der Waals surface area contributed by atoms with Crippen molar-refractivity contribution in [3.8, 4) is 11.5 Å². The number of nitro groups is 1. The Balaban J connectivity index is 0.00000484. The molecular formula is C14H22ClN3O5. The maximum atomic E-state index is 11.7. The maximum Gasteiger partial charge on any atom is 0.311 e. The highest BCUT2D eigenvalue weighted by molar-refractivity contribution is 5.85. The van der Waals surface area contributed by atoms with Crippen molar-refractivity contribution in [1.29, 1.82) is 0 Å².